The third-order valence-electron chi connectivity index (χ3n) is 3.98. The second-order valence-electron chi connectivity index (χ2n) is 5.87. The average molecular weight is 340 g/mol. The largest absolute Gasteiger partial charge is 0.383 e. The van der Waals surface area contributed by atoms with E-state index in [1.807, 2.05) is 29.2 Å². The van der Waals surface area contributed by atoms with Gasteiger partial charge in [0.15, 0.2) is 0 Å². The van der Waals surface area contributed by atoms with Crippen molar-refractivity contribution in [2.24, 2.45) is 0 Å². The zero-order chi connectivity index (χ0) is 16.9. The van der Waals surface area contributed by atoms with Crippen molar-refractivity contribution in [1.82, 2.24) is 9.62 Å². The summed E-state index contributed by atoms with van der Waals surface area (Å²) in [4.78, 5) is 13.5. The Kier molecular flexibility index (Phi) is 6.15. The monoisotopic (exact) mass is 340 g/mol. The number of carbonyl (C=O) groups is 1. The molecule has 1 aromatic carbocycles. The van der Waals surface area contributed by atoms with Crippen LogP contribution in [0.25, 0.3) is 0 Å². The number of rotatable bonds is 8. The van der Waals surface area contributed by atoms with Crippen molar-refractivity contribution < 1.29 is 17.9 Å². The summed E-state index contributed by atoms with van der Waals surface area (Å²) < 4.78 is 31.4. The van der Waals surface area contributed by atoms with Crippen LogP contribution < -0.4 is 4.72 Å². The highest BCUT2D eigenvalue weighted by molar-refractivity contribution is 7.90. The molecule has 6 nitrogen and oxygen atoms in total. The van der Waals surface area contributed by atoms with Gasteiger partial charge in [-0.2, -0.15) is 0 Å². The van der Waals surface area contributed by atoms with E-state index in [-0.39, 0.29) is 19.1 Å². The van der Waals surface area contributed by atoms with Crippen molar-refractivity contribution in [2.75, 3.05) is 20.3 Å². The van der Waals surface area contributed by atoms with Gasteiger partial charge in [0, 0.05) is 33.2 Å². The highest BCUT2D eigenvalue weighted by Crippen LogP contribution is 2.15. The topological polar surface area (TPSA) is 75.7 Å². The Hall–Kier alpha value is -1.44. The van der Waals surface area contributed by atoms with E-state index >= 15 is 0 Å². The zero-order valence-corrected chi connectivity index (χ0v) is 14.4. The number of amides is 1. The quantitative estimate of drug-likeness (QED) is 0.773. The Morgan fingerprint density at radius 1 is 1.26 bits per heavy atom. The van der Waals surface area contributed by atoms with Crippen LogP contribution in [0, 0.1) is 0 Å². The summed E-state index contributed by atoms with van der Waals surface area (Å²) in [5.74, 6) is 0.203. The van der Waals surface area contributed by atoms with Gasteiger partial charge in [0.2, 0.25) is 15.9 Å². The minimum Gasteiger partial charge on any atom is -0.383 e. The molecule has 23 heavy (non-hydrogen) atoms. The number of carbonyl (C=O) groups excluding carboxylic acids is 1. The Labute approximate surface area is 137 Å². The minimum atomic E-state index is -3.38. The summed E-state index contributed by atoms with van der Waals surface area (Å²) >= 11 is 0. The predicted octanol–water partition coefficient (Wildman–Crippen LogP) is 1.26. The predicted molar refractivity (Wildman–Crippen MR) is 88.2 cm³/mol. The molecule has 1 saturated heterocycles. The van der Waals surface area contributed by atoms with E-state index in [0.717, 1.165) is 24.1 Å². The fourth-order valence-corrected chi connectivity index (χ4v) is 3.47. The Bertz CT molecular complexity index is 628. The summed E-state index contributed by atoms with van der Waals surface area (Å²) in [6, 6.07) is 7.65. The van der Waals surface area contributed by atoms with Gasteiger partial charge >= 0.3 is 0 Å². The molecular formula is C16H24N2O4S. The second-order valence-corrected chi connectivity index (χ2v) is 8.05. The molecule has 1 aliphatic heterocycles. The van der Waals surface area contributed by atoms with Crippen LogP contribution in [0.2, 0.25) is 0 Å². The molecule has 0 aliphatic carbocycles. The number of benzene rings is 1. The van der Waals surface area contributed by atoms with E-state index in [2.05, 4.69) is 4.72 Å². The van der Waals surface area contributed by atoms with Crippen LogP contribution in [0.15, 0.2) is 24.3 Å². The average Bonchev–Trinajstić information content (AvgIpc) is 2.92. The number of methoxy groups -OCH3 is 1. The maximum absolute atomic E-state index is 12.0. The molecule has 1 amide bonds. The molecule has 1 unspecified atom stereocenters. The molecule has 1 fully saturated rings. The lowest BCUT2D eigenvalue weighted by Crippen LogP contribution is -2.34. The Balaban J connectivity index is 1.89. The van der Waals surface area contributed by atoms with Gasteiger partial charge in [-0.05, 0) is 24.5 Å². The number of ether oxygens (including phenoxy) is 1. The summed E-state index contributed by atoms with van der Waals surface area (Å²) in [6.45, 7) is 3.47. The molecule has 1 aliphatic rings. The molecule has 0 radical (unpaired) electrons. The van der Waals surface area contributed by atoms with E-state index in [9.17, 15) is 13.2 Å². The summed E-state index contributed by atoms with van der Waals surface area (Å²) in [6.07, 6.45) is 1.57. The van der Waals surface area contributed by atoms with E-state index in [0.29, 0.717) is 13.0 Å². The third-order valence-corrected chi connectivity index (χ3v) is 5.72. The van der Waals surface area contributed by atoms with E-state index in [4.69, 9.17) is 4.74 Å². The Morgan fingerprint density at radius 2 is 1.91 bits per heavy atom. The lowest BCUT2D eigenvalue weighted by molar-refractivity contribution is -0.128. The molecule has 1 N–H and O–H groups in total. The molecule has 1 atom stereocenters. The molecule has 128 valence electrons. The van der Waals surface area contributed by atoms with Gasteiger partial charge in [0.25, 0.3) is 0 Å². The first-order valence-corrected chi connectivity index (χ1v) is 9.30. The van der Waals surface area contributed by atoms with Crippen LogP contribution in [0.3, 0.4) is 0 Å². The summed E-state index contributed by atoms with van der Waals surface area (Å²) in [5.41, 5.74) is 1.94. The van der Waals surface area contributed by atoms with Crippen LogP contribution in [0.4, 0.5) is 0 Å². The molecule has 7 heteroatoms. The van der Waals surface area contributed by atoms with Gasteiger partial charge in [0.1, 0.15) is 0 Å². The fraction of sp³-hybridized carbons (Fsp3) is 0.562. The first kappa shape index (κ1) is 17.9. The maximum Gasteiger partial charge on any atom is 0.222 e. The van der Waals surface area contributed by atoms with Crippen molar-refractivity contribution in [3.05, 3.63) is 35.4 Å². The standard InChI is InChI=1S/C16H24N2O4S/c1-13(12-22-2)23(20,21)17-10-14-5-7-15(8-6-14)11-18-9-3-4-16(18)19/h5-8,13,17H,3-4,9-12H2,1-2H3. The first-order chi connectivity index (χ1) is 10.9. The number of hydrogen-bond acceptors (Lipinski definition) is 4. The highest BCUT2D eigenvalue weighted by Gasteiger charge is 2.21. The van der Waals surface area contributed by atoms with Crippen molar-refractivity contribution in [3.63, 3.8) is 0 Å². The first-order valence-electron chi connectivity index (χ1n) is 7.75. The summed E-state index contributed by atoms with van der Waals surface area (Å²) in [5, 5.41) is -0.590. The van der Waals surface area contributed by atoms with Gasteiger partial charge in [-0.25, -0.2) is 13.1 Å². The molecular weight excluding hydrogens is 316 g/mol. The van der Waals surface area contributed by atoms with Gasteiger partial charge in [-0.15, -0.1) is 0 Å². The van der Waals surface area contributed by atoms with Crippen LogP contribution in [0.5, 0.6) is 0 Å². The van der Waals surface area contributed by atoms with Gasteiger partial charge in [0.05, 0.1) is 11.9 Å². The van der Waals surface area contributed by atoms with E-state index in [1.165, 1.54) is 7.11 Å². The van der Waals surface area contributed by atoms with Crippen LogP contribution in [0.1, 0.15) is 30.9 Å². The highest BCUT2D eigenvalue weighted by atomic mass is 32.2. The van der Waals surface area contributed by atoms with Crippen LogP contribution in [-0.4, -0.2) is 44.7 Å². The van der Waals surface area contributed by atoms with Gasteiger partial charge < -0.3 is 9.64 Å². The number of sulfonamides is 1. The third kappa shape index (κ3) is 5.02. The van der Waals surface area contributed by atoms with Crippen molar-refractivity contribution in [1.29, 1.82) is 0 Å². The SMILES string of the molecule is COCC(C)S(=O)(=O)NCc1ccc(CN2CCCC2=O)cc1. The van der Waals surface area contributed by atoms with Gasteiger partial charge in [-0.1, -0.05) is 24.3 Å². The minimum absolute atomic E-state index is 0.165. The molecule has 1 heterocycles. The van der Waals surface area contributed by atoms with Crippen molar-refractivity contribution in [3.8, 4) is 0 Å². The number of likely N-dealkylation sites (tertiary alicyclic amines) is 1. The smallest absolute Gasteiger partial charge is 0.222 e. The summed E-state index contributed by atoms with van der Waals surface area (Å²) in [7, 11) is -1.90. The second kappa shape index (κ2) is 7.90. The normalized spacial score (nSPS) is 16.8. The van der Waals surface area contributed by atoms with Crippen LogP contribution >= 0.6 is 0 Å². The van der Waals surface area contributed by atoms with E-state index in [1.54, 1.807) is 6.92 Å². The molecule has 0 spiro atoms. The molecule has 0 saturated carbocycles. The van der Waals surface area contributed by atoms with Gasteiger partial charge in [-0.3, -0.25) is 4.79 Å². The van der Waals surface area contributed by atoms with E-state index < -0.39 is 15.3 Å². The van der Waals surface area contributed by atoms with Crippen molar-refractivity contribution in [2.45, 2.75) is 38.1 Å². The van der Waals surface area contributed by atoms with Crippen LogP contribution in [-0.2, 0) is 32.6 Å². The molecule has 2 rings (SSSR count). The number of nitrogens with zero attached hydrogens (tertiary/aromatic N) is 1. The Morgan fingerprint density at radius 3 is 2.48 bits per heavy atom. The number of nitrogens with one attached hydrogen (secondary N) is 1. The molecule has 0 bridgehead atoms. The number of hydrogen-bond donors (Lipinski definition) is 1. The van der Waals surface area contributed by atoms with Crippen molar-refractivity contribution >= 4 is 15.9 Å². The molecule has 0 aromatic heterocycles. The lowest BCUT2D eigenvalue weighted by atomic mass is 10.1. The zero-order valence-electron chi connectivity index (χ0n) is 13.6. The fourth-order valence-electron chi connectivity index (χ4n) is 2.50. The molecule has 1 aromatic rings. The maximum atomic E-state index is 12.0. The lowest BCUT2D eigenvalue weighted by Gasteiger charge is -2.16.